The van der Waals surface area contributed by atoms with E-state index in [1.807, 2.05) is 6.92 Å². The van der Waals surface area contributed by atoms with Crippen molar-refractivity contribution in [1.82, 2.24) is 0 Å². The summed E-state index contributed by atoms with van der Waals surface area (Å²) in [6.07, 6.45) is -3.16. The van der Waals surface area contributed by atoms with Crippen LogP contribution in [-0.4, -0.2) is 17.0 Å². The van der Waals surface area contributed by atoms with E-state index >= 15 is 4.39 Å². The monoisotopic (exact) mass is 1110 g/mol. The topological polar surface area (TPSA) is 20.2 Å². The summed E-state index contributed by atoms with van der Waals surface area (Å²) in [7, 11) is 0. The maximum absolute atomic E-state index is 15.3. The van der Waals surface area contributed by atoms with E-state index in [4.69, 9.17) is 0 Å². The van der Waals surface area contributed by atoms with Crippen LogP contribution >= 0.6 is 0 Å². The number of alkyl halides is 4. The molecule has 0 aromatic rings. The van der Waals surface area contributed by atoms with Crippen LogP contribution in [0.5, 0.6) is 0 Å². The first-order valence-electron chi connectivity index (χ1n) is 7.81. The summed E-state index contributed by atoms with van der Waals surface area (Å²) in [5.41, 5.74) is -2.14. The van der Waals surface area contributed by atoms with E-state index in [1.165, 1.54) is 6.42 Å². The standard InChI is InChI=1S/C16H20F4O.3Rf/c1-14-5-10(12-8-2-3-9(4-8)13(12)14)15(17,7-14)6-11(21)16(18,19)20;;;/h8-9,12-13,21H,2-7H2,1H3;;;/q-2;;;. The zero-order chi connectivity index (χ0) is 15.2. The van der Waals surface area contributed by atoms with E-state index in [2.05, 4.69) is 0 Å². The molecule has 0 heterocycles. The number of rotatable bonds is 2. The molecule has 4 fully saturated rings. The summed E-state index contributed by atoms with van der Waals surface area (Å²) in [5, 5.41) is 9.23. The van der Waals surface area contributed by atoms with Crippen LogP contribution in [0.1, 0.15) is 45.4 Å². The van der Waals surface area contributed by atoms with Gasteiger partial charge in [-0.05, 0) is 24.4 Å². The Kier molecular flexibility index (Phi) is 3.58. The third-order valence-corrected chi connectivity index (χ3v) is 6.75. The molecular formula is C16H20F4ORf3-2. The average molecular weight is 1110 g/mol. The molecule has 6 atom stereocenters. The molecule has 0 aromatic heterocycles. The van der Waals surface area contributed by atoms with E-state index in [0.717, 1.165) is 12.8 Å². The molecule has 0 aromatic carbocycles. The van der Waals surface area contributed by atoms with Crippen LogP contribution in [0.2, 0.25) is 0 Å². The van der Waals surface area contributed by atoms with Crippen LogP contribution in [-0.2, 0) is 0 Å². The van der Waals surface area contributed by atoms with Crippen LogP contribution in [0, 0.1) is 41.1 Å². The van der Waals surface area contributed by atoms with E-state index in [0.29, 0.717) is 30.1 Å². The van der Waals surface area contributed by atoms with Crippen LogP contribution in [0.3, 0.4) is 0 Å². The summed E-state index contributed by atoms with van der Waals surface area (Å²) in [6, 6.07) is 0. The molecule has 4 rings (SSSR count). The van der Waals surface area contributed by atoms with Crippen molar-refractivity contribution in [3.8, 4) is 0 Å². The number of aliphatic hydroxyl groups excluding tert-OH is 1. The van der Waals surface area contributed by atoms with Crippen LogP contribution < -0.4 is 0 Å². The molecule has 6 unspecified atom stereocenters. The van der Waals surface area contributed by atoms with Gasteiger partial charge in [-0.2, -0.15) is 12.3 Å². The first-order valence-corrected chi connectivity index (χ1v) is 7.81. The fourth-order valence-electron chi connectivity index (χ4n) is 6.40. The Morgan fingerprint density at radius 3 is 2.33 bits per heavy atom. The van der Waals surface area contributed by atoms with Gasteiger partial charge in [0.15, 0.2) is 0 Å². The molecule has 0 spiro atoms. The molecule has 4 bridgehead atoms. The number of aliphatic hydroxyl groups is 1. The van der Waals surface area contributed by atoms with Crippen LogP contribution in [0.25, 0.3) is 0 Å². The Morgan fingerprint density at radius 2 is 1.75 bits per heavy atom. The molecule has 4 saturated carbocycles. The van der Waals surface area contributed by atoms with Gasteiger partial charge in [-0.1, -0.05) is 43.1 Å². The molecule has 4 aliphatic rings. The van der Waals surface area contributed by atoms with Gasteiger partial charge in [0.25, 0.3) is 6.18 Å². The summed E-state index contributed by atoms with van der Waals surface area (Å²) >= 11 is 0. The van der Waals surface area contributed by atoms with Crippen LogP contribution in [0.4, 0.5) is 17.6 Å². The zero-order valence-corrected chi connectivity index (χ0v) is 33.3. The minimum Gasteiger partial charge on any atom is -0.554 e. The Balaban J connectivity index is 0.000000960. The number of hydrogen-bond donors (Lipinski definition) is 1. The summed E-state index contributed by atoms with van der Waals surface area (Å²) < 4.78 is 53.0. The van der Waals surface area contributed by atoms with Gasteiger partial charge in [-0.15, -0.1) is 6.42 Å². The van der Waals surface area contributed by atoms with Gasteiger partial charge < -0.3 is 5.11 Å². The smallest absolute Gasteiger partial charge is 0.294 e. The number of hydrogen-bond acceptors (Lipinski definition) is 1. The third kappa shape index (κ3) is 1.88. The summed E-state index contributed by atoms with van der Waals surface area (Å²) in [6.45, 7) is 2.05. The van der Waals surface area contributed by atoms with Gasteiger partial charge in [-0.3, -0.25) is 10.3 Å². The zero-order valence-electron chi connectivity index (χ0n) is 14.1. The second-order valence-electron chi connectivity index (χ2n) is 8.00. The molecule has 8 heteroatoms. The Morgan fingerprint density at radius 1 is 1.17 bits per heavy atom. The molecule has 1 N–H and O–H groups in total. The first-order chi connectivity index (χ1) is 9.64. The van der Waals surface area contributed by atoms with Gasteiger partial charge in [0.2, 0.25) is 0 Å². The number of fused-ring (bicyclic) bond motifs is 9. The second kappa shape index (κ2) is 4.59. The predicted molar refractivity (Wildman–Crippen MR) is 68.1 cm³/mol. The fourth-order valence-corrected chi connectivity index (χ4v) is 6.40. The Labute approximate surface area is 122 Å². The Bertz CT molecular complexity index is 477. The van der Waals surface area contributed by atoms with E-state index < -0.39 is 24.4 Å². The van der Waals surface area contributed by atoms with Crippen molar-refractivity contribution >= 4 is 0 Å². The minimum absolute atomic E-state index is 0. The van der Waals surface area contributed by atoms with Crippen molar-refractivity contribution in [3.63, 3.8) is 0 Å². The van der Waals surface area contributed by atoms with Gasteiger partial charge in [-0.25, -0.2) is 13.2 Å². The van der Waals surface area contributed by atoms with Gasteiger partial charge in [0, 0.05) is 0 Å². The summed E-state index contributed by atoms with van der Waals surface area (Å²) in [5.74, 6) is 2.46. The van der Waals surface area contributed by atoms with Gasteiger partial charge in [0.05, 0.1) is 0 Å². The van der Waals surface area contributed by atoms with Gasteiger partial charge >= 0.3 is 0 Å². The summed E-state index contributed by atoms with van der Waals surface area (Å²) in [4.78, 5) is 0. The van der Waals surface area contributed by atoms with Crippen molar-refractivity contribution in [2.24, 2.45) is 29.1 Å². The molecule has 0 saturated heterocycles. The van der Waals surface area contributed by atoms with Crippen molar-refractivity contribution in [3.05, 3.63) is 12.0 Å². The number of halogens is 4. The minimum atomic E-state index is -4.81. The molecule has 0 aliphatic heterocycles. The normalized spacial score (nSPS) is 45.6. The largest absolute Gasteiger partial charge is 0.554 e. The van der Waals surface area contributed by atoms with E-state index in [1.54, 1.807) is 0 Å². The Hall–Kier alpha value is -3.32. The maximum atomic E-state index is 15.3. The van der Waals surface area contributed by atoms with Crippen molar-refractivity contribution in [2.75, 3.05) is 0 Å². The molecule has 24 heavy (non-hydrogen) atoms. The molecule has 126 valence electrons. The molecular weight excluding hydrogens is 1090 g/mol. The average Bonchev–Trinajstić information content (AvgIpc) is 3.02. The van der Waals surface area contributed by atoms with Crippen molar-refractivity contribution in [2.45, 2.75) is 57.3 Å². The van der Waals surface area contributed by atoms with E-state index in [9.17, 15) is 18.3 Å². The molecule has 0 radical (unpaired) electrons. The van der Waals surface area contributed by atoms with Crippen molar-refractivity contribution in [1.29, 1.82) is 0 Å². The SMILES string of the molecule is CC12C[C-](C3C4CCC(C4)C31)C(F)(C[C-](O)C(F)(F)F)C2.[Rf].[Rf].[Rf]. The molecule has 0 amide bonds. The van der Waals surface area contributed by atoms with Crippen LogP contribution in [0.15, 0.2) is 0 Å². The quantitative estimate of drug-likeness (QED) is 0.244. The molecule has 1 nitrogen and oxygen atoms in total. The third-order valence-electron chi connectivity index (χ3n) is 6.75. The first kappa shape index (κ1) is 18.7. The maximum Gasteiger partial charge on any atom is 0.294 e. The fraction of sp³-hybridized carbons (Fsp3) is 0.875. The van der Waals surface area contributed by atoms with Crippen molar-refractivity contribution < 1.29 is 22.7 Å². The van der Waals surface area contributed by atoms with E-state index in [-0.39, 0.29) is 17.8 Å². The predicted octanol–water partition coefficient (Wildman–Crippen LogP) is 4.60. The van der Waals surface area contributed by atoms with Gasteiger partial charge in [0.1, 0.15) is 0 Å². The molecule has 4 aliphatic carbocycles. The second-order valence-corrected chi connectivity index (χ2v) is 8.00.